The average molecular weight is 351 g/mol. The molecule has 0 fully saturated rings. The predicted molar refractivity (Wildman–Crippen MR) is 94.3 cm³/mol. The standard InChI is InChI=1S/C20H18FN3O2/c1-23-16-12-24(11-13-7-3-2-4-8-13)19(25)17(16)18(22-20(23)26)14-9-5-6-10-15(14)21/h2-10,18H,11-12H2,1H3,(H,22,26). The predicted octanol–water partition coefficient (Wildman–Crippen LogP) is 2.82. The quantitative estimate of drug-likeness (QED) is 0.925. The summed E-state index contributed by atoms with van der Waals surface area (Å²) in [5.74, 6) is -0.618. The fourth-order valence-corrected chi connectivity index (χ4v) is 3.50. The second kappa shape index (κ2) is 6.29. The number of hydrogen-bond donors (Lipinski definition) is 1. The summed E-state index contributed by atoms with van der Waals surface area (Å²) in [5, 5.41) is 2.75. The van der Waals surface area contributed by atoms with E-state index in [4.69, 9.17) is 0 Å². The summed E-state index contributed by atoms with van der Waals surface area (Å²) >= 11 is 0. The second-order valence-corrected chi connectivity index (χ2v) is 6.47. The molecule has 2 aromatic carbocycles. The zero-order valence-corrected chi connectivity index (χ0v) is 14.3. The van der Waals surface area contributed by atoms with Gasteiger partial charge >= 0.3 is 6.03 Å². The van der Waals surface area contributed by atoms with Crippen LogP contribution in [0.5, 0.6) is 0 Å². The van der Waals surface area contributed by atoms with Gasteiger partial charge in [0, 0.05) is 19.2 Å². The Morgan fingerprint density at radius 1 is 1.08 bits per heavy atom. The third kappa shape index (κ3) is 2.63. The van der Waals surface area contributed by atoms with Crippen LogP contribution >= 0.6 is 0 Å². The summed E-state index contributed by atoms with van der Waals surface area (Å²) in [7, 11) is 1.63. The van der Waals surface area contributed by atoms with Gasteiger partial charge in [-0.2, -0.15) is 0 Å². The van der Waals surface area contributed by atoms with Crippen LogP contribution in [0.4, 0.5) is 9.18 Å². The minimum absolute atomic E-state index is 0.177. The van der Waals surface area contributed by atoms with E-state index in [2.05, 4.69) is 5.32 Å². The van der Waals surface area contributed by atoms with E-state index in [1.54, 1.807) is 30.1 Å². The summed E-state index contributed by atoms with van der Waals surface area (Å²) in [6, 6.07) is 14.8. The fourth-order valence-electron chi connectivity index (χ4n) is 3.50. The van der Waals surface area contributed by atoms with Crippen molar-refractivity contribution >= 4 is 11.9 Å². The first kappa shape index (κ1) is 16.3. The zero-order valence-electron chi connectivity index (χ0n) is 14.3. The van der Waals surface area contributed by atoms with Crippen molar-refractivity contribution in [3.05, 3.63) is 82.8 Å². The van der Waals surface area contributed by atoms with Gasteiger partial charge in [-0.25, -0.2) is 9.18 Å². The Hall–Kier alpha value is -3.15. The van der Waals surface area contributed by atoms with Gasteiger partial charge < -0.3 is 10.2 Å². The molecular weight excluding hydrogens is 333 g/mol. The average Bonchev–Trinajstić information content (AvgIpc) is 2.97. The van der Waals surface area contributed by atoms with Crippen molar-refractivity contribution in [3.63, 3.8) is 0 Å². The maximum Gasteiger partial charge on any atom is 0.322 e. The van der Waals surface area contributed by atoms with E-state index in [1.807, 2.05) is 30.3 Å². The normalized spacial score (nSPS) is 19.7. The summed E-state index contributed by atoms with van der Waals surface area (Å²) < 4.78 is 14.3. The van der Waals surface area contributed by atoms with Crippen LogP contribution < -0.4 is 5.32 Å². The molecule has 5 nitrogen and oxygen atoms in total. The highest BCUT2D eigenvalue weighted by atomic mass is 19.1. The lowest BCUT2D eigenvalue weighted by atomic mass is 9.95. The first-order valence-corrected chi connectivity index (χ1v) is 8.41. The van der Waals surface area contributed by atoms with E-state index in [1.165, 1.54) is 11.0 Å². The van der Waals surface area contributed by atoms with Crippen LogP contribution in [-0.2, 0) is 11.3 Å². The van der Waals surface area contributed by atoms with Gasteiger partial charge in [-0.1, -0.05) is 48.5 Å². The van der Waals surface area contributed by atoms with E-state index < -0.39 is 11.9 Å². The number of nitrogens with zero attached hydrogens (tertiary/aromatic N) is 2. The topological polar surface area (TPSA) is 52.7 Å². The summed E-state index contributed by atoms with van der Waals surface area (Å²) in [6.45, 7) is 0.774. The fraction of sp³-hybridized carbons (Fsp3) is 0.200. The van der Waals surface area contributed by atoms with Gasteiger partial charge in [0.25, 0.3) is 5.91 Å². The summed E-state index contributed by atoms with van der Waals surface area (Å²) in [6.07, 6.45) is 0. The first-order chi connectivity index (χ1) is 12.6. The number of halogens is 1. The minimum Gasteiger partial charge on any atom is -0.329 e. The number of nitrogens with one attached hydrogen (secondary N) is 1. The van der Waals surface area contributed by atoms with Crippen LogP contribution in [0.3, 0.4) is 0 Å². The molecule has 0 saturated carbocycles. The highest BCUT2D eigenvalue weighted by molar-refractivity contribution is 6.01. The molecule has 3 amide bonds. The van der Waals surface area contributed by atoms with Crippen molar-refractivity contribution in [1.29, 1.82) is 0 Å². The van der Waals surface area contributed by atoms with Crippen molar-refractivity contribution in [1.82, 2.24) is 15.1 Å². The van der Waals surface area contributed by atoms with Crippen molar-refractivity contribution in [3.8, 4) is 0 Å². The number of likely N-dealkylation sites (N-methyl/N-ethyl adjacent to an activating group) is 1. The molecule has 0 saturated heterocycles. The van der Waals surface area contributed by atoms with Gasteiger partial charge in [0.05, 0.1) is 23.9 Å². The third-order valence-electron chi connectivity index (χ3n) is 4.87. The smallest absolute Gasteiger partial charge is 0.322 e. The van der Waals surface area contributed by atoms with Crippen LogP contribution in [0, 0.1) is 5.82 Å². The molecule has 0 aliphatic carbocycles. The minimum atomic E-state index is -0.775. The molecule has 2 heterocycles. The van der Waals surface area contributed by atoms with Crippen LogP contribution in [0.1, 0.15) is 17.2 Å². The lowest BCUT2D eigenvalue weighted by Gasteiger charge is -2.31. The second-order valence-electron chi connectivity index (χ2n) is 6.47. The van der Waals surface area contributed by atoms with E-state index in [9.17, 15) is 14.0 Å². The molecule has 6 heteroatoms. The van der Waals surface area contributed by atoms with E-state index >= 15 is 0 Å². The van der Waals surface area contributed by atoms with Gasteiger partial charge in [0.1, 0.15) is 5.82 Å². The molecule has 1 unspecified atom stereocenters. The molecule has 1 atom stereocenters. The molecule has 1 N–H and O–H groups in total. The molecule has 0 bridgehead atoms. The van der Waals surface area contributed by atoms with Crippen molar-refractivity contribution < 1.29 is 14.0 Å². The zero-order chi connectivity index (χ0) is 18.3. The Morgan fingerprint density at radius 2 is 1.77 bits per heavy atom. The lowest BCUT2D eigenvalue weighted by molar-refractivity contribution is -0.126. The maximum absolute atomic E-state index is 14.3. The van der Waals surface area contributed by atoms with Gasteiger partial charge in [-0.15, -0.1) is 0 Å². The Balaban J connectivity index is 1.70. The molecule has 4 rings (SSSR count). The number of urea groups is 1. The van der Waals surface area contributed by atoms with Crippen LogP contribution in [0.25, 0.3) is 0 Å². The Morgan fingerprint density at radius 3 is 2.50 bits per heavy atom. The molecule has 132 valence electrons. The molecular formula is C20H18FN3O2. The number of carbonyl (C=O) groups excluding carboxylic acids is 2. The van der Waals surface area contributed by atoms with E-state index in [0.717, 1.165) is 5.56 Å². The van der Waals surface area contributed by atoms with Gasteiger partial charge in [0.2, 0.25) is 0 Å². The first-order valence-electron chi connectivity index (χ1n) is 8.41. The van der Waals surface area contributed by atoms with Crippen molar-refractivity contribution in [2.45, 2.75) is 12.6 Å². The lowest BCUT2D eigenvalue weighted by Crippen LogP contribution is -2.45. The molecule has 0 spiro atoms. The van der Waals surface area contributed by atoms with Crippen LogP contribution in [0.2, 0.25) is 0 Å². The largest absolute Gasteiger partial charge is 0.329 e. The number of hydrogen-bond acceptors (Lipinski definition) is 2. The monoisotopic (exact) mass is 351 g/mol. The molecule has 2 aromatic rings. The van der Waals surface area contributed by atoms with Crippen molar-refractivity contribution in [2.24, 2.45) is 0 Å². The number of carbonyl (C=O) groups is 2. The Bertz CT molecular complexity index is 910. The Kier molecular flexibility index (Phi) is 3.95. The number of benzene rings is 2. The SMILES string of the molecule is CN1C(=O)NC(c2ccccc2F)C2=C1CN(Cc1ccccc1)C2=O. The molecule has 2 aliphatic heterocycles. The van der Waals surface area contributed by atoms with E-state index in [-0.39, 0.29) is 11.9 Å². The van der Waals surface area contributed by atoms with E-state index in [0.29, 0.717) is 29.9 Å². The summed E-state index contributed by atoms with van der Waals surface area (Å²) in [5.41, 5.74) is 2.37. The van der Waals surface area contributed by atoms with Crippen LogP contribution in [0.15, 0.2) is 65.9 Å². The number of amides is 3. The Labute approximate surface area is 150 Å². The van der Waals surface area contributed by atoms with Gasteiger partial charge in [-0.3, -0.25) is 9.69 Å². The third-order valence-corrected chi connectivity index (χ3v) is 4.87. The van der Waals surface area contributed by atoms with Crippen LogP contribution in [-0.4, -0.2) is 35.3 Å². The van der Waals surface area contributed by atoms with Gasteiger partial charge in [0.15, 0.2) is 0 Å². The van der Waals surface area contributed by atoms with Gasteiger partial charge in [-0.05, 0) is 11.6 Å². The van der Waals surface area contributed by atoms with Crippen molar-refractivity contribution in [2.75, 3.05) is 13.6 Å². The maximum atomic E-state index is 14.3. The molecule has 0 radical (unpaired) electrons. The molecule has 26 heavy (non-hydrogen) atoms. The molecule has 2 aliphatic rings. The highest BCUT2D eigenvalue weighted by Crippen LogP contribution is 2.36. The highest BCUT2D eigenvalue weighted by Gasteiger charge is 2.43. The number of rotatable bonds is 3. The summed E-state index contributed by atoms with van der Waals surface area (Å²) in [4.78, 5) is 28.5. The molecule has 0 aromatic heterocycles.